The Kier molecular flexibility index (Phi) is 9.14. The molecule has 0 amide bonds. The molecule has 1 aromatic rings. The Morgan fingerprint density at radius 1 is 0.935 bits per heavy atom. The fourth-order valence-corrected chi connectivity index (χ4v) is 5.50. The Labute approximate surface area is 186 Å². The molecule has 0 atom stereocenters. The maximum absolute atomic E-state index is 13.6. The topological polar surface area (TPSA) is 23.8 Å². The minimum atomic E-state index is -0.857. The summed E-state index contributed by atoms with van der Waals surface area (Å²) in [5, 5.41) is 8.72. The Morgan fingerprint density at radius 2 is 1.55 bits per heavy atom. The van der Waals surface area contributed by atoms with Crippen LogP contribution in [0.1, 0.15) is 95.1 Å². The smallest absolute Gasteiger partial charge is 0.145 e. The number of allylic oxidation sites excluding steroid dienone is 2. The van der Waals surface area contributed by atoms with Gasteiger partial charge in [0.15, 0.2) is 0 Å². The van der Waals surface area contributed by atoms with Crippen LogP contribution in [0.5, 0.6) is 0 Å². The number of rotatable bonds is 6. The third-order valence-electron chi connectivity index (χ3n) is 7.41. The molecule has 2 aliphatic rings. The van der Waals surface area contributed by atoms with E-state index in [1.54, 1.807) is 0 Å². The van der Waals surface area contributed by atoms with Gasteiger partial charge in [-0.3, -0.25) is 0 Å². The summed E-state index contributed by atoms with van der Waals surface area (Å²) in [7, 11) is 0. The Balaban J connectivity index is 1.41. The SMILES string of the molecule is CCCCCC1CCC(C2CCC(C=CC#Cc3cc(F)c(C#N)c(F)c3)CC2)CC1. The van der Waals surface area contributed by atoms with Crippen molar-refractivity contribution in [1.29, 1.82) is 5.26 Å². The predicted octanol–water partition coefficient (Wildman–Crippen LogP) is 7.94. The van der Waals surface area contributed by atoms with Gasteiger partial charge in [0.1, 0.15) is 23.3 Å². The largest absolute Gasteiger partial charge is 0.205 e. The quantitative estimate of drug-likeness (QED) is 0.336. The van der Waals surface area contributed by atoms with Crippen molar-refractivity contribution in [3.8, 4) is 17.9 Å². The fourth-order valence-electron chi connectivity index (χ4n) is 5.50. The van der Waals surface area contributed by atoms with E-state index in [0.717, 1.165) is 29.9 Å². The number of unbranched alkanes of at least 4 members (excludes halogenated alkanes) is 2. The standard InChI is InChI=1S/C28H35F2N/c1-2-3-4-7-21-10-14-24(15-11-21)25-16-12-22(13-17-25)8-5-6-9-23-18-27(29)26(20-31)28(30)19-23/h5,8,18-19,21-22,24-25H,2-4,7,10-17H2,1H3. The zero-order chi connectivity index (χ0) is 22.1. The highest BCUT2D eigenvalue weighted by atomic mass is 19.1. The van der Waals surface area contributed by atoms with Crippen molar-refractivity contribution < 1.29 is 8.78 Å². The molecule has 1 nitrogen and oxygen atoms in total. The van der Waals surface area contributed by atoms with Gasteiger partial charge in [0, 0.05) is 5.56 Å². The van der Waals surface area contributed by atoms with Crippen LogP contribution < -0.4 is 0 Å². The fraction of sp³-hybridized carbons (Fsp3) is 0.607. The first-order valence-corrected chi connectivity index (χ1v) is 12.2. The van der Waals surface area contributed by atoms with Gasteiger partial charge in [0.05, 0.1) is 0 Å². The zero-order valence-corrected chi connectivity index (χ0v) is 18.8. The average Bonchev–Trinajstić information content (AvgIpc) is 2.78. The molecule has 1 aromatic carbocycles. The van der Waals surface area contributed by atoms with Crippen LogP contribution in [0.25, 0.3) is 0 Å². The predicted molar refractivity (Wildman–Crippen MR) is 122 cm³/mol. The molecule has 3 rings (SSSR count). The molecule has 166 valence electrons. The van der Waals surface area contributed by atoms with Crippen molar-refractivity contribution >= 4 is 0 Å². The summed E-state index contributed by atoms with van der Waals surface area (Å²) in [6.45, 7) is 2.28. The maximum atomic E-state index is 13.6. The molecule has 0 heterocycles. The highest BCUT2D eigenvalue weighted by Gasteiger charge is 2.30. The van der Waals surface area contributed by atoms with Crippen LogP contribution in [0.4, 0.5) is 8.78 Å². The minimum absolute atomic E-state index is 0.257. The first-order chi connectivity index (χ1) is 15.1. The Bertz CT molecular complexity index is 815. The Morgan fingerprint density at radius 3 is 2.13 bits per heavy atom. The van der Waals surface area contributed by atoms with Gasteiger partial charge in [-0.25, -0.2) is 8.78 Å². The maximum Gasteiger partial charge on any atom is 0.145 e. The van der Waals surface area contributed by atoms with E-state index in [9.17, 15) is 8.78 Å². The van der Waals surface area contributed by atoms with Crippen LogP contribution >= 0.6 is 0 Å². The van der Waals surface area contributed by atoms with Crippen molar-refractivity contribution in [2.24, 2.45) is 23.7 Å². The summed E-state index contributed by atoms with van der Waals surface area (Å²) in [5.41, 5.74) is -0.296. The summed E-state index contributed by atoms with van der Waals surface area (Å²) >= 11 is 0. The van der Waals surface area contributed by atoms with E-state index in [-0.39, 0.29) is 5.56 Å². The van der Waals surface area contributed by atoms with Crippen LogP contribution in [0.3, 0.4) is 0 Å². The third kappa shape index (κ3) is 6.93. The van der Waals surface area contributed by atoms with Gasteiger partial charge >= 0.3 is 0 Å². The monoisotopic (exact) mass is 423 g/mol. The van der Waals surface area contributed by atoms with Gasteiger partial charge in [0.2, 0.25) is 0 Å². The summed E-state index contributed by atoms with van der Waals surface area (Å²) in [6.07, 6.45) is 20.4. The number of halogens is 2. The molecule has 3 heteroatoms. The second kappa shape index (κ2) is 12.0. The molecule has 0 aromatic heterocycles. The van der Waals surface area contributed by atoms with Crippen LogP contribution in [0, 0.1) is 58.5 Å². The van der Waals surface area contributed by atoms with Crippen molar-refractivity contribution in [3.63, 3.8) is 0 Å². The molecule has 0 N–H and O–H groups in total. The molecule has 2 saturated carbocycles. The molecule has 0 unspecified atom stereocenters. The number of hydrogen-bond acceptors (Lipinski definition) is 1. The molecule has 0 bridgehead atoms. The number of nitrogens with zero attached hydrogens (tertiary/aromatic N) is 1. The normalized spacial score (nSPS) is 26.3. The first kappa shape index (κ1) is 23.5. The van der Waals surface area contributed by atoms with Gasteiger partial charge in [0.25, 0.3) is 0 Å². The molecule has 0 radical (unpaired) electrons. The van der Waals surface area contributed by atoms with Crippen molar-refractivity contribution in [2.45, 2.75) is 84.0 Å². The third-order valence-corrected chi connectivity index (χ3v) is 7.41. The molecule has 0 saturated heterocycles. The van der Waals surface area contributed by atoms with Crippen molar-refractivity contribution in [3.05, 3.63) is 47.0 Å². The van der Waals surface area contributed by atoms with E-state index >= 15 is 0 Å². The molecular formula is C28H35F2N. The number of benzene rings is 1. The lowest BCUT2D eigenvalue weighted by Crippen LogP contribution is -2.25. The van der Waals surface area contributed by atoms with Gasteiger partial charge in [-0.05, 0) is 80.4 Å². The molecular weight excluding hydrogens is 388 g/mol. The van der Waals surface area contributed by atoms with Gasteiger partial charge < -0.3 is 0 Å². The van der Waals surface area contributed by atoms with Crippen molar-refractivity contribution in [2.75, 3.05) is 0 Å². The van der Waals surface area contributed by atoms with Gasteiger partial charge in [-0.15, -0.1) is 0 Å². The highest BCUT2D eigenvalue weighted by Crippen LogP contribution is 2.42. The highest BCUT2D eigenvalue weighted by molar-refractivity contribution is 5.43. The summed E-state index contributed by atoms with van der Waals surface area (Å²) in [5.74, 6) is 7.34. The van der Waals surface area contributed by atoms with Crippen LogP contribution in [-0.4, -0.2) is 0 Å². The first-order valence-electron chi connectivity index (χ1n) is 12.2. The molecule has 0 aliphatic heterocycles. The summed E-state index contributed by atoms with van der Waals surface area (Å²) in [4.78, 5) is 0. The minimum Gasteiger partial charge on any atom is -0.205 e. The van der Waals surface area contributed by atoms with E-state index in [2.05, 4.69) is 24.8 Å². The molecule has 2 aliphatic carbocycles. The van der Waals surface area contributed by atoms with Crippen LogP contribution in [-0.2, 0) is 0 Å². The van der Waals surface area contributed by atoms with E-state index in [0.29, 0.717) is 5.92 Å². The second-order valence-electron chi connectivity index (χ2n) is 9.51. The van der Waals surface area contributed by atoms with Crippen molar-refractivity contribution in [1.82, 2.24) is 0 Å². The Hall–Kier alpha value is -2.13. The van der Waals surface area contributed by atoms with Gasteiger partial charge in [-0.2, -0.15) is 5.26 Å². The average molecular weight is 424 g/mol. The van der Waals surface area contributed by atoms with E-state index in [1.807, 2.05) is 6.08 Å². The van der Waals surface area contributed by atoms with E-state index < -0.39 is 17.2 Å². The summed E-state index contributed by atoms with van der Waals surface area (Å²) < 4.78 is 27.3. The van der Waals surface area contributed by atoms with E-state index in [1.165, 1.54) is 83.1 Å². The number of hydrogen-bond donors (Lipinski definition) is 0. The number of nitriles is 1. The van der Waals surface area contributed by atoms with Gasteiger partial charge in [-0.1, -0.05) is 63.4 Å². The molecule has 31 heavy (non-hydrogen) atoms. The lowest BCUT2D eigenvalue weighted by atomic mass is 9.68. The van der Waals surface area contributed by atoms with E-state index in [4.69, 9.17) is 5.26 Å². The second-order valence-corrected chi connectivity index (χ2v) is 9.51. The summed E-state index contributed by atoms with van der Waals surface area (Å²) in [6, 6.07) is 3.76. The lowest BCUT2D eigenvalue weighted by Gasteiger charge is -2.37. The van der Waals surface area contributed by atoms with Crippen LogP contribution in [0.2, 0.25) is 0 Å². The molecule has 0 spiro atoms. The zero-order valence-electron chi connectivity index (χ0n) is 18.8. The molecule has 2 fully saturated rings. The van der Waals surface area contributed by atoms with Crippen LogP contribution in [0.15, 0.2) is 24.3 Å². The lowest BCUT2D eigenvalue weighted by molar-refractivity contribution is 0.151.